The second kappa shape index (κ2) is 6.72. The third-order valence-corrected chi connectivity index (χ3v) is 4.64. The minimum absolute atomic E-state index is 0.0436. The number of aromatic nitrogens is 2. The number of hydrogen-bond donors (Lipinski definition) is 1. The second-order valence-electron chi connectivity index (χ2n) is 5.92. The molecule has 23 heavy (non-hydrogen) atoms. The Labute approximate surface area is 141 Å². The third kappa shape index (κ3) is 3.26. The van der Waals surface area contributed by atoms with Crippen molar-refractivity contribution in [1.82, 2.24) is 19.8 Å². The maximum Gasteiger partial charge on any atom is 0.230 e. The van der Waals surface area contributed by atoms with Gasteiger partial charge in [0.2, 0.25) is 5.91 Å². The number of rotatable bonds is 3. The van der Waals surface area contributed by atoms with Crippen LogP contribution in [0.15, 0.2) is 36.7 Å². The van der Waals surface area contributed by atoms with Gasteiger partial charge in [0.25, 0.3) is 0 Å². The Balaban J connectivity index is 1.85. The molecule has 122 valence electrons. The van der Waals surface area contributed by atoms with E-state index in [1.165, 1.54) is 0 Å². The lowest BCUT2D eigenvalue weighted by atomic mass is 9.98. The number of hydrogen-bond acceptors (Lipinski definition) is 3. The lowest BCUT2D eigenvalue weighted by Crippen LogP contribution is -2.50. The maximum atomic E-state index is 13.0. The third-order valence-electron chi connectivity index (χ3n) is 4.40. The zero-order valence-electron chi connectivity index (χ0n) is 13.4. The van der Waals surface area contributed by atoms with E-state index in [9.17, 15) is 4.79 Å². The first-order chi connectivity index (χ1) is 11.1. The number of nitrogens with zero attached hydrogens (tertiary/aromatic N) is 3. The summed E-state index contributed by atoms with van der Waals surface area (Å²) in [4.78, 5) is 19.4. The van der Waals surface area contributed by atoms with Crippen LogP contribution in [0.5, 0.6) is 0 Å². The molecule has 6 heteroatoms. The number of aryl methyl sites for hydroxylation is 1. The summed E-state index contributed by atoms with van der Waals surface area (Å²) in [5.74, 6) is 0.792. The Kier molecular flexibility index (Phi) is 4.68. The van der Waals surface area contributed by atoms with E-state index < -0.39 is 0 Å². The molecule has 5 nitrogen and oxygen atoms in total. The minimum Gasteiger partial charge on any atom is -0.336 e. The fourth-order valence-electron chi connectivity index (χ4n) is 3.06. The maximum absolute atomic E-state index is 13.0. The molecule has 1 N–H and O–H groups in total. The Morgan fingerprint density at radius 2 is 2.30 bits per heavy atom. The van der Waals surface area contributed by atoms with Crippen LogP contribution >= 0.6 is 11.6 Å². The van der Waals surface area contributed by atoms with Crippen molar-refractivity contribution < 1.29 is 4.79 Å². The molecule has 0 spiro atoms. The summed E-state index contributed by atoms with van der Waals surface area (Å²) >= 11 is 6.06. The van der Waals surface area contributed by atoms with Gasteiger partial charge in [-0.3, -0.25) is 4.79 Å². The SMILES string of the molecule is CC(C(=O)N1CCNCC1c1nccn1C)c1cccc(Cl)c1. The van der Waals surface area contributed by atoms with Crippen molar-refractivity contribution >= 4 is 17.5 Å². The van der Waals surface area contributed by atoms with Crippen LogP contribution in [-0.2, 0) is 11.8 Å². The first-order valence-corrected chi connectivity index (χ1v) is 8.19. The molecule has 1 aromatic heterocycles. The van der Waals surface area contributed by atoms with Gasteiger partial charge in [-0.2, -0.15) is 0 Å². The topological polar surface area (TPSA) is 50.2 Å². The van der Waals surface area contributed by atoms with Gasteiger partial charge in [-0.05, 0) is 24.6 Å². The first kappa shape index (κ1) is 16.0. The highest BCUT2D eigenvalue weighted by Crippen LogP contribution is 2.27. The number of imidazole rings is 1. The Hall–Kier alpha value is -1.85. The van der Waals surface area contributed by atoms with Crippen LogP contribution in [0, 0.1) is 0 Å². The number of carbonyl (C=O) groups excluding carboxylic acids is 1. The van der Waals surface area contributed by atoms with Crippen LogP contribution in [0.25, 0.3) is 0 Å². The van der Waals surface area contributed by atoms with Gasteiger partial charge >= 0.3 is 0 Å². The lowest BCUT2D eigenvalue weighted by Gasteiger charge is -2.37. The zero-order chi connectivity index (χ0) is 16.4. The standard InChI is InChI=1S/C17H21ClN4O/c1-12(13-4-3-5-14(18)10-13)17(23)22-9-6-19-11-15(22)16-20-7-8-21(16)2/h3-5,7-8,10,12,15,19H,6,9,11H2,1-2H3. The number of piperazine rings is 1. The summed E-state index contributed by atoms with van der Waals surface area (Å²) in [5.41, 5.74) is 0.944. The van der Waals surface area contributed by atoms with Gasteiger partial charge in [0.1, 0.15) is 11.9 Å². The number of halogens is 1. The van der Waals surface area contributed by atoms with Crippen LogP contribution in [0.4, 0.5) is 0 Å². The molecule has 2 heterocycles. The van der Waals surface area contributed by atoms with Crippen LogP contribution in [0.2, 0.25) is 5.02 Å². The molecule has 2 unspecified atom stereocenters. The molecule has 0 radical (unpaired) electrons. The number of nitrogens with one attached hydrogen (secondary N) is 1. The highest BCUT2D eigenvalue weighted by Gasteiger charge is 2.33. The molecule has 1 fully saturated rings. The van der Waals surface area contributed by atoms with Crippen LogP contribution < -0.4 is 5.32 Å². The Morgan fingerprint density at radius 1 is 1.48 bits per heavy atom. The Bertz CT molecular complexity index is 699. The van der Waals surface area contributed by atoms with Crippen LogP contribution in [0.1, 0.15) is 30.3 Å². The summed E-state index contributed by atoms with van der Waals surface area (Å²) in [6, 6.07) is 7.48. The van der Waals surface area contributed by atoms with E-state index in [1.54, 1.807) is 6.20 Å². The van der Waals surface area contributed by atoms with Gasteiger partial charge in [0.05, 0.1) is 5.92 Å². The van der Waals surface area contributed by atoms with Gasteiger partial charge < -0.3 is 14.8 Å². The second-order valence-corrected chi connectivity index (χ2v) is 6.36. The van der Waals surface area contributed by atoms with Gasteiger partial charge in [0.15, 0.2) is 0 Å². The summed E-state index contributed by atoms with van der Waals surface area (Å²) in [6.07, 6.45) is 3.68. The van der Waals surface area contributed by atoms with E-state index in [-0.39, 0.29) is 17.9 Å². The van der Waals surface area contributed by atoms with Crippen molar-refractivity contribution in [1.29, 1.82) is 0 Å². The smallest absolute Gasteiger partial charge is 0.230 e. The molecule has 1 amide bonds. The molecule has 1 aromatic carbocycles. The summed E-state index contributed by atoms with van der Waals surface area (Å²) in [6.45, 7) is 4.14. The van der Waals surface area contributed by atoms with E-state index in [0.29, 0.717) is 11.6 Å². The van der Waals surface area contributed by atoms with Crippen molar-refractivity contribution in [2.75, 3.05) is 19.6 Å². The number of carbonyl (C=O) groups is 1. The quantitative estimate of drug-likeness (QED) is 0.938. The Morgan fingerprint density at radius 3 is 3.00 bits per heavy atom. The van der Waals surface area contributed by atoms with Crippen molar-refractivity contribution in [3.05, 3.63) is 53.1 Å². The molecule has 2 atom stereocenters. The van der Waals surface area contributed by atoms with Gasteiger partial charge in [-0.1, -0.05) is 23.7 Å². The molecular formula is C17H21ClN4O. The highest BCUT2D eigenvalue weighted by atomic mass is 35.5. The number of amides is 1. The van der Waals surface area contributed by atoms with Crippen molar-refractivity contribution in [2.24, 2.45) is 7.05 Å². The molecule has 0 aliphatic carbocycles. The van der Waals surface area contributed by atoms with Crippen molar-refractivity contribution in [3.63, 3.8) is 0 Å². The summed E-state index contributed by atoms with van der Waals surface area (Å²) in [5, 5.41) is 4.01. The molecule has 1 saturated heterocycles. The predicted octanol–water partition coefficient (Wildman–Crippen LogP) is 2.35. The lowest BCUT2D eigenvalue weighted by molar-refractivity contribution is -0.136. The van der Waals surface area contributed by atoms with E-state index in [2.05, 4.69) is 10.3 Å². The fraction of sp³-hybridized carbons (Fsp3) is 0.412. The normalized spacial score (nSPS) is 19.6. The van der Waals surface area contributed by atoms with Crippen LogP contribution in [0.3, 0.4) is 0 Å². The predicted molar refractivity (Wildman–Crippen MR) is 90.4 cm³/mol. The minimum atomic E-state index is -0.227. The molecule has 1 aliphatic rings. The monoisotopic (exact) mass is 332 g/mol. The molecular weight excluding hydrogens is 312 g/mol. The van der Waals surface area contributed by atoms with E-state index in [4.69, 9.17) is 11.6 Å². The molecule has 0 bridgehead atoms. The highest BCUT2D eigenvalue weighted by molar-refractivity contribution is 6.30. The molecule has 2 aromatic rings. The summed E-state index contributed by atoms with van der Waals surface area (Å²) in [7, 11) is 1.96. The molecule has 3 rings (SSSR count). The van der Waals surface area contributed by atoms with E-state index in [0.717, 1.165) is 24.5 Å². The van der Waals surface area contributed by atoms with E-state index in [1.807, 2.05) is 53.9 Å². The average molecular weight is 333 g/mol. The van der Waals surface area contributed by atoms with Crippen molar-refractivity contribution in [3.8, 4) is 0 Å². The van der Waals surface area contributed by atoms with Crippen molar-refractivity contribution in [2.45, 2.75) is 18.9 Å². The van der Waals surface area contributed by atoms with Crippen LogP contribution in [-0.4, -0.2) is 40.0 Å². The zero-order valence-corrected chi connectivity index (χ0v) is 14.1. The fourth-order valence-corrected chi connectivity index (χ4v) is 3.26. The largest absolute Gasteiger partial charge is 0.336 e. The molecule has 1 aliphatic heterocycles. The molecule has 0 saturated carbocycles. The van der Waals surface area contributed by atoms with Gasteiger partial charge in [0, 0.05) is 44.1 Å². The summed E-state index contributed by atoms with van der Waals surface area (Å²) < 4.78 is 1.97. The average Bonchev–Trinajstić information content (AvgIpc) is 2.99. The van der Waals surface area contributed by atoms with Gasteiger partial charge in [-0.15, -0.1) is 0 Å². The number of benzene rings is 1. The first-order valence-electron chi connectivity index (χ1n) is 7.82. The van der Waals surface area contributed by atoms with E-state index >= 15 is 0 Å². The van der Waals surface area contributed by atoms with Gasteiger partial charge in [-0.25, -0.2) is 4.98 Å².